The van der Waals surface area contributed by atoms with Crippen LogP contribution in [0.5, 0.6) is 0 Å². The van der Waals surface area contributed by atoms with Gasteiger partial charge in [0.25, 0.3) is 0 Å². The highest BCUT2D eigenvalue weighted by molar-refractivity contribution is 7.19. The standard InChI is InChI=1S/C15H17NO2S/c1-3-9(2)10-4-6-11(7-5-10)13-8-12(15(17)18)14(16)19-13/h4-9H,3,16H2,1-2H3,(H,17,18). The quantitative estimate of drug-likeness (QED) is 0.878. The zero-order valence-corrected chi connectivity index (χ0v) is 11.8. The Hall–Kier alpha value is -1.81. The van der Waals surface area contributed by atoms with E-state index in [-0.39, 0.29) is 5.56 Å². The second kappa shape index (κ2) is 5.45. The minimum Gasteiger partial charge on any atom is -0.478 e. The summed E-state index contributed by atoms with van der Waals surface area (Å²) in [6.45, 7) is 4.36. The van der Waals surface area contributed by atoms with E-state index in [4.69, 9.17) is 10.8 Å². The molecule has 1 atom stereocenters. The van der Waals surface area contributed by atoms with Crippen LogP contribution in [0.25, 0.3) is 10.4 Å². The summed E-state index contributed by atoms with van der Waals surface area (Å²) in [7, 11) is 0. The number of hydrogen-bond acceptors (Lipinski definition) is 3. The molecule has 1 aromatic heterocycles. The average molecular weight is 275 g/mol. The Morgan fingerprint density at radius 2 is 2.00 bits per heavy atom. The van der Waals surface area contributed by atoms with E-state index < -0.39 is 5.97 Å². The molecule has 0 saturated heterocycles. The second-order valence-corrected chi connectivity index (χ2v) is 5.71. The molecule has 1 heterocycles. The van der Waals surface area contributed by atoms with Crippen LogP contribution in [0.1, 0.15) is 42.1 Å². The van der Waals surface area contributed by atoms with Gasteiger partial charge in [-0.2, -0.15) is 0 Å². The summed E-state index contributed by atoms with van der Waals surface area (Å²) in [6.07, 6.45) is 1.11. The van der Waals surface area contributed by atoms with E-state index in [2.05, 4.69) is 26.0 Å². The molecule has 3 N–H and O–H groups in total. The maximum Gasteiger partial charge on any atom is 0.338 e. The summed E-state index contributed by atoms with van der Waals surface area (Å²) >= 11 is 1.31. The monoisotopic (exact) mass is 275 g/mol. The maximum absolute atomic E-state index is 11.0. The lowest BCUT2D eigenvalue weighted by molar-refractivity contribution is 0.0698. The highest BCUT2D eigenvalue weighted by atomic mass is 32.1. The molecule has 2 aromatic rings. The normalized spacial score (nSPS) is 12.3. The summed E-state index contributed by atoms with van der Waals surface area (Å²) < 4.78 is 0. The first-order chi connectivity index (χ1) is 9.02. The number of hydrogen-bond donors (Lipinski definition) is 2. The third kappa shape index (κ3) is 2.79. The molecule has 0 amide bonds. The van der Waals surface area contributed by atoms with Crippen LogP contribution in [0.3, 0.4) is 0 Å². The van der Waals surface area contributed by atoms with Crippen LogP contribution in [0, 0.1) is 0 Å². The lowest BCUT2D eigenvalue weighted by Crippen LogP contribution is -1.97. The van der Waals surface area contributed by atoms with E-state index in [1.54, 1.807) is 6.07 Å². The summed E-state index contributed by atoms with van der Waals surface area (Å²) in [4.78, 5) is 11.9. The molecule has 0 spiro atoms. The van der Waals surface area contributed by atoms with E-state index in [9.17, 15) is 4.79 Å². The molecule has 19 heavy (non-hydrogen) atoms. The van der Waals surface area contributed by atoms with Crippen molar-refractivity contribution in [1.82, 2.24) is 0 Å². The zero-order valence-electron chi connectivity index (χ0n) is 11.0. The van der Waals surface area contributed by atoms with Gasteiger partial charge < -0.3 is 10.8 Å². The number of benzene rings is 1. The number of rotatable bonds is 4. The van der Waals surface area contributed by atoms with Crippen LogP contribution in [-0.4, -0.2) is 11.1 Å². The summed E-state index contributed by atoms with van der Waals surface area (Å²) in [5.41, 5.74) is 8.21. The van der Waals surface area contributed by atoms with E-state index in [0.717, 1.165) is 16.9 Å². The van der Waals surface area contributed by atoms with Crippen LogP contribution >= 0.6 is 11.3 Å². The lowest BCUT2D eigenvalue weighted by Gasteiger charge is -2.09. The van der Waals surface area contributed by atoms with Gasteiger partial charge in [-0.15, -0.1) is 11.3 Å². The van der Waals surface area contributed by atoms with E-state index in [1.807, 2.05) is 12.1 Å². The number of thiophene rings is 1. The van der Waals surface area contributed by atoms with Crippen molar-refractivity contribution in [2.24, 2.45) is 0 Å². The van der Waals surface area contributed by atoms with Crippen LogP contribution in [-0.2, 0) is 0 Å². The maximum atomic E-state index is 11.0. The van der Waals surface area contributed by atoms with Crippen molar-refractivity contribution in [1.29, 1.82) is 0 Å². The van der Waals surface area contributed by atoms with Crippen LogP contribution in [0.2, 0.25) is 0 Å². The van der Waals surface area contributed by atoms with Crippen molar-refractivity contribution < 1.29 is 9.90 Å². The van der Waals surface area contributed by atoms with E-state index in [1.165, 1.54) is 16.9 Å². The molecular weight excluding hydrogens is 258 g/mol. The van der Waals surface area contributed by atoms with Gasteiger partial charge in [0.15, 0.2) is 0 Å². The first kappa shape index (κ1) is 13.6. The number of aromatic carboxylic acids is 1. The number of nitrogens with two attached hydrogens (primary N) is 1. The van der Waals surface area contributed by atoms with E-state index >= 15 is 0 Å². The molecule has 2 rings (SSSR count). The summed E-state index contributed by atoms with van der Waals surface area (Å²) in [6, 6.07) is 9.89. The minimum atomic E-state index is -0.976. The largest absolute Gasteiger partial charge is 0.478 e. The molecule has 1 aromatic carbocycles. The van der Waals surface area contributed by atoms with Crippen molar-refractivity contribution in [3.05, 3.63) is 41.5 Å². The lowest BCUT2D eigenvalue weighted by atomic mass is 9.97. The Bertz CT molecular complexity index is 587. The number of carboxylic acid groups (broad SMARTS) is 1. The Morgan fingerprint density at radius 3 is 2.47 bits per heavy atom. The molecule has 0 aliphatic rings. The van der Waals surface area contributed by atoms with Gasteiger partial charge in [-0.3, -0.25) is 0 Å². The number of nitrogen functional groups attached to an aromatic ring is 1. The molecular formula is C15H17NO2S. The summed E-state index contributed by atoms with van der Waals surface area (Å²) in [5.74, 6) is -0.437. The number of carboxylic acids is 1. The van der Waals surface area contributed by atoms with Gasteiger partial charge in [0, 0.05) is 4.88 Å². The fraction of sp³-hybridized carbons (Fsp3) is 0.267. The first-order valence-electron chi connectivity index (χ1n) is 6.25. The highest BCUT2D eigenvalue weighted by Crippen LogP contribution is 2.34. The number of anilines is 1. The topological polar surface area (TPSA) is 63.3 Å². The molecule has 0 aliphatic heterocycles. The van der Waals surface area contributed by atoms with Gasteiger partial charge in [0.1, 0.15) is 5.00 Å². The molecule has 3 nitrogen and oxygen atoms in total. The van der Waals surface area contributed by atoms with Gasteiger partial charge in [-0.1, -0.05) is 38.1 Å². The van der Waals surface area contributed by atoms with Crippen molar-refractivity contribution in [2.75, 3.05) is 5.73 Å². The van der Waals surface area contributed by atoms with Crippen molar-refractivity contribution in [2.45, 2.75) is 26.2 Å². The van der Waals surface area contributed by atoms with Crippen LogP contribution < -0.4 is 5.73 Å². The van der Waals surface area contributed by atoms with Crippen molar-refractivity contribution >= 4 is 22.3 Å². The third-order valence-electron chi connectivity index (χ3n) is 3.37. The minimum absolute atomic E-state index is 0.186. The Kier molecular flexibility index (Phi) is 3.90. The van der Waals surface area contributed by atoms with Crippen molar-refractivity contribution in [3.63, 3.8) is 0 Å². The predicted molar refractivity (Wildman–Crippen MR) is 79.8 cm³/mol. The Morgan fingerprint density at radius 1 is 1.37 bits per heavy atom. The predicted octanol–water partition coefficient (Wildman–Crippen LogP) is 4.21. The van der Waals surface area contributed by atoms with E-state index in [0.29, 0.717) is 10.9 Å². The number of carbonyl (C=O) groups is 1. The van der Waals surface area contributed by atoms with Gasteiger partial charge in [0.2, 0.25) is 0 Å². The fourth-order valence-corrected chi connectivity index (χ4v) is 2.85. The van der Waals surface area contributed by atoms with Crippen LogP contribution in [0.15, 0.2) is 30.3 Å². The van der Waals surface area contributed by atoms with Gasteiger partial charge in [-0.05, 0) is 29.5 Å². The molecule has 0 bridgehead atoms. The molecule has 0 saturated carbocycles. The van der Waals surface area contributed by atoms with Gasteiger partial charge >= 0.3 is 5.97 Å². The molecule has 4 heteroatoms. The third-order valence-corrected chi connectivity index (χ3v) is 4.38. The summed E-state index contributed by atoms with van der Waals surface area (Å²) in [5, 5.41) is 9.36. The molecule has 1 unspecified atom stereocenters. The highest BCUT2D eigenvalue weighted by Gasteiger charge is 2.14. The fourth-order valence-electron chi connectivity index (χ4n) is 1.93. The Balaban J connectivity index is 2.32. The molecule has 100 valence electrons. The Labute approximate surface area is 116 Å². The van der Waals surface area contributed by atoms with Gasteiger partial charge in [-0.25, -0.2) is 4.79 Å². The van der Waals surface area contributed by atoms with Crippen molar-refractivity contribution in [3.8, 4) is 10.4 Å². The molecule has 0 fully saturated rings. The zero-order chi connectivity index (χ0) is 14.0. The van der Waals surface area contributed by atoms with Gasteiger partial charge in [0.05, 0.1) is 5.56 Å². The van der Waals surface area contributed by atoms with Crippen LogP contribution in [0.4, 0.5) is 5.00 Å². The second-order valence-electron chi connectivity index (χ2n) is 4.63. The molecule has 0 aliphatic carbocycles. The first-order valence-corrected chi connectivity index (χ1v) is 7.07. The smallest absolute Gasteiger partial charge is 0.338 e. The SMILES string of the molecule is CCC(C)c1ccc(-c2cc(C(=O)O)c(N)s2)cc1. The molecule has 0 radical (unpaired) electrons. The average Bonchev–Trinajstić information content (AvgIpc) is 2.80.